The van der Waals surface area contributed by atoms with Gasteiger partial charge in [-0.05, 0) is 49.4 Å². The van der Waals surface area contributed by atoms with Crippen LogP contribution in [0.3, 0.4) is 0 Å². The van der Waals surface area contributed by atoms with Gasteiger partial charge in [0.2, 0.25) is 5.88 Å². The second-order valence-corrected chi connectivity index (χ2v) is 8.39. The zero-order valence-corrected chi connectivity index (χ0v) is 17.1. The van der Waals surface area contributed by atoms with Crippen LogP contribution >= 0.6 is 11.6 Å². The van der Waals surface area contributed by atoms with Gasteiger partial charge in [-0.2, -0.15) is 0 Å². The first-order chi connectivity index (χ1) is 14.0. The lowest BCUT2D eigenvalue weighted by atomic mass is 9.72. The van der Waals surface area contributed by atoms with Gasteiger partial charge >= 0.3 is 0 Å². The number of aromatic nitrogens is 1. The molecule has 2 aromatic carbocycles. The summed E-state index contributed by atoms with van der Waals surface area (Å²) in [7, 11) is 0. The predicted molar refractivity (Wildman–Crippen MR) is 113 cm³/mol. The molecule has 3 aromatic rings. The zero-order valence-electron chi connectivity index (χ0n) is 16.3. The summed E-state index contributed by atoms with van der Waals surface area (Å²) in [4.78, 5) is 13.4. The minimum atomic E-state index is -0.147. The number of halogens is 1. The first-order valence-corrected chi connectivity index (χ1v) is 10.2. The van der Waals surface area contributed by atoms with Crippen molar-refractivity contribution in [2.75, 3.05) is 5.32 Å². The number of allylic oxidation sites excluding steroid dienone is 2. The Hall–Kier alpha value is -2.85. The second kappa shape index (κ2) is 6.89. The minimum Gasteiger partial charge on any atom is -0.338 e. The number of ketones is 1. The molecule has 0 radical (unpaired) electrons. The van der Waals surface area contributed by atoms with Crippen LogP contribution < -0.4 is 5.32 Å². The van der Waals surface area contributed by atoms with E-state index in [9.17, 15) is 4.79 Å². The van der Waals surface area contributed by atoms with E-state index in [4.69, 9.17) is 16.1 Å². The lowest BCUT2D eigenvalue weighted by Crippen LogP contribution is -2.29. The van der Waals surface area contributed by atoms with E-state index in [-0.39, 0.29) is 17.6 Å². The van der Waals surface area contributed by atoms with Crippen molar-refractivity contribution in [3.63, 3.8) is 0 Å². The largest absolute Gasteiger partial charge is 0.338 e. The normalized spacial score (nSPS) is 20.9. The monoisotopic (exact) mass is 404 g/mol. The summed E-state index contributed by atoms with van der Waals surface area (Å²) >= 11 is 6.04. The van der Waals surface area contributed by atoms with Gasteiger partial charge in [0.05, 0.1) is 11.3 Å². The molecule has 5 rings (SSSR count). The topological polar surface area (TPSA) is 55.1 Å². The van der Waals surface area contributed by atoms with Gasteiger partial charge in [-0.1, -0.05) is 58.7 Å². The average molecular weight is 405 g/mol. The Balaban J connectivity index is 1.62. The number of fused-ring (bicyclic) bond motifs is 1. The van der Waals surface area contributed by atoms with Crippen molar-refractivity contribution in [1.29, 1.82) is 0 Å². The molecule has 0 bridgehead atoms. The number of Topliss-reactive ketones (excluding diaryl/α,β-unsaturated/α-hetero) is 1. The Morgan fingerprint density at radius 3 is 2.62 bits per heavy atom. The zero-order chi connectivity index (χ0) is 20.1. The highest BCUT2D eigenvalue weighted by Gasteiger charge is 2.41. The second-order valence-electron chi connectivity index (χ2n) is 7.96. The van der Waals surface area contributed by atoms with E-state index in [1.165, 1.54) is 5.56 Å². The summed E-state index contributed by atoms with van der Waals surface area (Å²) < 4.78 is 5.59. The summed E-state index contributed by atoms with van der Waals surface area (Å²) in [5.74, 6) is 0.801. The van der Waals surface area contributed by atoms with E-state index >= 15 is 0 Å². The third-order valence-corrected chi connectivity index (χ3v) is 6.23. The number of nitrogens with zero attached hydrogens (tertiary/aromatic N) is 1. The molecule has 29 heavy (non-hydrogen) atoms. The number of aryl methyl sites for hydroxylation is 2. The van der Waals surface area contributed by atoms with Crippen molar-refractivity contribution in [2.45, 2.75) is 38.5 Å². The molecule has 4 nitrogen and oxygen atoms in total. The third-order valence-electron chi connectivity index (χ3n) is 5.97. The summed E-state index contributed by atoms with van der Waals surface area (Å²) in [5, 5.41) is 8.26. The van der Waals surface area contributed by atoms with Gasteiger partial charge in [-0.15, -0.1) is 0 Å². The van der Waals surface area contributed by atoms with Gasteiger partial charge in [0.25, 0.3) is 0 Å². The maximum Gasteiger partial charge on any atom is 0.233 e. The van der Waals surface area contributed by atoms with Crippen molar-refractivity contribution < 1.29 is 9.32 Å². The molecule has 0 fully saturated rings. The standard InChI is InChI=1S/C24H21ClN2O2/c1-13-4-3-5-16(10-13)22-21-14(2)27-29-24(21)26-19-11-17(12-20(28)23(19)22)15-6-8-18(25)9-7-15/h3-10,17,22,26H,11-12H2,1-2H3/t17-,22-/m1/s1. The van der Waals surface area contributed by atoms with Crippen LogP contribution in [0.5, 0.6) is 0 Å². The fourth-order valence-corrected chi connectivity index (χ4v) is 4.75. The smallest absolute Gasteiger partial charge is 0.233 e. The number of carbonyl (C=O) groups excluding carboxylic acids is 1. The van der Waals surface area contributed by atoms with Gasteiger partial charge < -0.3 is 9.84 Å². The number of benzene rings is 2. The quantitative estimate of drug-likeness (QED) is 0.577. The van der Waals surface area contributed by atoms with Crippen molar-refractivity contribution in [2.24, 2.45) is 0 Å². The molecule has 2 atom stereocenters. The molecule has 2 aliphatic rings. The van der Waals surface area contributed by atoms with Crippen LogP contribution in [-0.4, -0.2) is 10.9 Å². The van der Waals surface area contributed by atoms with Crippen LogP contribution in [0.25, 0.3) is 0 Å². The summed E-state index contributed by atoms with van der Waals surface area (Å²) in [6.07, 6.45) is 1.24. The van der Waals surface area contributed by atoms with Crippen LogP contribution in [-0.2, 0) is 4.79 Å². The molecule has 0 spiro atoms. The SMILES string of the molecule is Cc1cccc([C@H]2C3=C(C[C@@H](c4ccc(Cl)cc4)CC3=O)Nc3onc(C)c32)c1. The molecule has 2 heterocycles. The van der Waals surface area contributed by atoms with E-state index in [2.05, 4.69) is 35.6 Å². The van der Waals surface area contributed by atoms with Crippen molar-refractivity contribution in [3.05, 3.63) is 92.8 Å². The molecule has 1 N–H and O–H groups in total. The first kappa shape index (κ1) is 18.2. The van der Waals surface area contributed by atoms with Crippen molar-refractivity contribution in [1.82, 2.24) is 5.16 Å². The van der Waals surface area contributed by atoms with Gasteiger partial charge in [0, 0.05) is 28.6 Å². The van der Waals surface area contributed by atoms with Gasteiger partial charge in [0.1, 0.15) is 0 Å². The highest BCUT2D eigenvalue weighted by Crippen LogP contribution is 2.49. The Morgan fingerprint density at radius 2 is 1.86 bits per heavy atom. The Labute approximate surface area is 174 Å². The molecule has 0 saturated heterocycles. The fraction of sp³-hybridized carbons (Fsp3) is 0.250. The summed E-state index contributed by atoms with van der Waals surface area (Å²) in [5.41, 5.74) is 6.97. The number of anilines is 1. The highest BCUT2D eigenvalue weighted by molar-refractivity contribution is 6.30. The minimum absolute atomic E-state index is 0.120. The van der Waals surface area contributed by atoms with E-state index in [1.54, 1.807) is 0 Å². The maximum atomic E-state index is 13.4. The number of nitrogens with one attached hydrogen (secondary N) is 1. The molecular formula is C24H21ClN2O2. The average Bonchev–Trinajstić information content (AvgIpc) is 3.07. The number of rotatable bonds is 2. The van der Waals surface area contributed by atoms with Gasteiger partial charge in [-0.3, -0.25) is 4.79 Å². The van der Waals surface area contributed by atoms with Crippen LogP contribution in [0, 0.1) is 13.8 Å². The molecule has 1 aliphatic carbocycles. The predicted octanol–water partition coefficient (Wildman–Crippen LogP) is 5.90. The fourth-order valence-electron chi connectivity index (χ4n) is 4.63. The van der Waals surface area contributed by atoms with Gasteiger partial charge in [0.15, 0.2) is 5.78 Å². The molecule has 146 valence electrons. The van der Waals surface area contributed by atoms with E-state index in [0.29, 0.717) is 17.3 Å². The highest BCUT2D eigenvalue weighted by atomic mass is 35.5. The van der Waals surface area contributed by atoms with E-state index in [0.717, 1.165) is 40.1 Å². The maximum absolute atomic E-state index is 13.4. The number of carbonyl (C=O) groups is 1. The first-order valence-electron chi connectivity index (χ1n) is 9.82. The lowest BCUT2D eigenvalue weighted by molar-refractivity contribution is -0.116. The van der Waals surface area contributed by atoms with Crippen LogP contribution in [0.2, 0.25) is 5.02 Å². The molecule has 0 saturated carbocycles. The van der Waals surface area contributed by atoms with E-state index in [1.807, 2.05) is 37.3 Å². The van der Waals surface area contributed by atoms with E-state index < -0.39 is 0 Å². The summed E-state index contributed by atoms with van der Waals surface area (Å²) in [6.45, 7) is 4.00. The van der Waals surface area contributed by atoms with Crippen LogP contribution in [0.4, 0.5) is 5.88 Å². The molecular weight excluding hydrogens is 384 g/mol. The number of hydrogen-bond acceptors (Lipinski definition) is 4. The molecule has 1 aliphatic heterocycles. The lowest BCUT2D eigenvalue weighted by Gasteiger charge is -2.34. The molecule has 0 unspecified atom stereocenters. The Morgan fingerprint density at radius 1 is 1.07 bits per heavy atom. The third kappa shape index (κ3) is 3.08. The molecule has 1 aromatic heterocycles. The Bertz CT molecular complexity index is 1140. The van der Waals surface area contributed by atoms with Gasteiger partial charge in [-0.25, -0.2) is 0 Å². The van der Waals surface area contributed by atoms with Crippen molar-refractivity contribution >= 4 is 23.3 Å². The van der Waals surface area contributed by atoms with Crippen LogP contribution in [0.15, 0.2) is 64.3 Å². The summed E-state index contributed by atoms with van der Waals surface area (Å²) in [6, 6.07) is 16.1. The Kier molecular flexibility index (Phi) is 4.32. The molecule has 0 amide bonds. The molecule has 5 heteroatoms. The number of hydrogen-bond donors (Lipinski definition) is 1. The van der Waals surface area contributed by atoms with Crippen LogP contribution in [0.1, 0.15) is 52.6 Å². The van der Waals surface area contributed by atoms with Crippen molar-refractivity contribution in [3.8, 4) is 0 Å².